The van der Waals surface area contributed by atoms with Crippen molar-refractivity contribution in [1.29, 1.82) is 0 Å². The molecule has 0 nitrogen and oxygen atoms in total. The third kappa shape index (κ3) is 6.68. The molecule has 6 aliphatic rings. The molecule has 5 saturated carbocycles. The highest BCUT2D eigenvalue weighted by Gasteiger charge is 2.64. The summed E-state index contributed by atoms with van der Waals surface area (Å²) in [6, 6.07) is 0. The molecule has 11 atom stereocenters. The van der Waals surface area contributed by atoms with E-state index in [0.717, 1.165) is 92.6 Å². The van der Waals surface area contributed by atoms with Crippen molar-refractivity contribution in [1.82, 2.24) is 0 Å². The highest BCUT2D eigenvalue weighted by Crippen LogP contribution is 2.70. The van der Waals surface area contributed by atoms with Crippen LogP contribution in [0.15, 0.2) is 0 Å². The lowest BCUT2D eigenvalue weighted by atomic mass is 9.61. The Hall–Kier alpha value is 0.567. The van der Waals surface area contributed by atoms with Gasteiger partial charge in [0.15, 0.2) is 0 Å². The van der Waals surface area contributed by atoms with Crippen molar-refractivity contribution < 1.29 is 0 Å². The van der Waals surface area contributed by atoms with E-state index < -0.39 is 8.07 Å². The molecule has 0 N–H and O–H groups in total. The van der Waals surface area contributed by atoms with Crippen molar-refractivity contribution in [2.75, 3.05) is 0 Å². The average Bonchev–Trinajstić information content (AvgIpc) is 3.65. The fourth-order valence-corrected chi connectivity index (χ4v) is 24.4. The molecule has 0 amide bonds. The first-order valence-electron chi connectivity index (χ1n) is 21.2. The minimum atomic E-state index is -1.52. The molecule has 0 aromatic carbocycles. The molecule has 266 valence electrons. The van der Waals surface area contributed by atoms with Crippen molar-refractivity contribution in [3.05, 3.63) is 0 Å². The van der Waals surface area contributed by atoms with Gasteiger partial charge in [-0.1, -0.05) is 102 Å². The van der Waals surface area contributed by atoms with Gasteiger partial charge in [0.05, 0.1) is 8.07 Å². The third-order valence-electron chi connectivity index (χ3n) is 17.2. The maximum absolute atomic E-state index is 3.00. The van der Waals surface area contributed by atoms with Gasteiger partial charge in [-0.2, -0.15) is 11.8 Å². The molecule has 1 saturated heterocycles. The van der Waals surface area contributed by atoms with Crippen LogP contribution in [0.2, 0.25) is 24.2 Å². The van der Waals surface area contributed by atoms with E-state index in [9.17, 15) is 0 Å². The first-order valence-corrected chi connectivity index (χ1v) is 25.3. The predicted octanol–water partition coefficient (Wildman–Crippen LogP) is 14.0. The van der Waals surface area contributed by atoms with Gasteiger partial charge in [0.25, 0.3) is 0 Å². The Morgan fingerprint density at radius 3 is 1.72 bits per heavy atom. The quantitative estimate of drug-likeness (QED) is 0.254. The summed E-state index contributed by atoms with van der Waals surface area (Å²) >= 11 is 2.56. The van der Waals surface area contributed by atoms with Crippen LogP contribution in [0.5, 0.6) is 0 Å². The Morgan fingerprint density at radius 2 is 1.20 bits per heavy atom. The van der Waals surface area contributed by atoms with Crippen LogP contribution in [0.25, 0.3) is 0 Å². The molecule has 1 heterocycles. The molecule has 6 rings (SSSR count). The Bertz CT molecular complexity index is 1000. The lowest BCUT2D eigenvalue weighted by Gasteiger charge is -2.49. The number of hydrogen-bond donors (Lipinski definition) is 0. The van der Waals surface area contributed by atoms with E-state index in [1.165, 1.54) is 44.9 Å². The summed E-state index contributed by atoms with van der Waals surface area (Å²) in [5.41, 5.74) is 3.16. The Labute approximate surface area is 294 Å². The lowest BCUT2D eigenvalue weighted by Crippen LogP contribution is -2.48. The number of rotatable bonds is 6. The monoisotopic (exact) mass is 669 g/mol. The molecule has 0 spiro atoms. The van der Waals surface area contributed by atoms with Crippen molar-refractivity contribution in [3.63, 3.8) is 0 Å². The van der Waals surface area contributed by atoms with E-state index in [-0.39, 0.29) is 0 Å². The SMILES string of the molecule is CCC1CC2C(C3CCC(C(C)(C)C)CC3)CCCC2C1[Si](C)(C)C1C(C(C)C)CC2C1SC(C)C2C1CCC(C(C)(C)C)CC1. The summed E-state index contributed by atoms with van der Waals surface area (Å²) in [4.78, 5) is 0. The largest absolute Gasteiger partial charge is 0.155 e. The fourth-order valence-electron chi connectivity index (χ4n) is 14.9. The van der Waals surface area contributed by atoms with Gasteiger partial charge >= 0.3 is 0 Å². The van der Waals surface area contributed by atoms with E-state index in [1.54, 1.807) is 44.9 Å². The molecule has 5 aliphatic carbocycles. The number of fused-ring (bicyclic) bond motifs is 2. The molecule has 11 unspecified atom stereocenters. The lowest BCUT2D eigenvalue weighted by molar-refractivity contribution is 0.0637. The van der Waals surface area contributed by atoms with Crippen LogP contribution in [-0.4, -0.2) is 18.6 Å². The molecular formula is C44H80SSi. The molecule has 0 aromatic rings. The Balaban J connectivity index is 1.21. The van der Waals surface area contributed by atoms with Gasteiger partial charge in [-0.15, -0.1) is 0 Å². The number of thioether (sulfide) groups is 1. The van der Waals surface area contributed by atoms with Crippen LogP contribution < -0.4 is 0 Å². The van der Waals surface area contributed by atoms with Crippen LogP contribution in [0, 0.1) is 81.8 Å². The van der Waals surface area contributed by atoms with Gasteiger partial charge in [-0.25, -0.2) is 0 Å². The van der Waals surface area contributed by atoms with Gasteiger partial charge in [0, 0.05) is 10.5 Å². The standard InChI is InChI=1S/C44H80SSi/c1-13-29-25-37-34(30-17-21-32(22-18-30)43(5,6)7)15-14-16-35(37)41(29)46(11,12)42-36(27(2)3)26-38-39(28(4)45-40(38)42)31-19-23-33(24-20-31)44(8,9)10/h27-42H,13-26H2,1-12H3. The van der Waals surface area contributed by atoms with Crippen molar-refractivity contribution in [2.45, 2.75) is 194 Å². The molecule has 46 heavy (non-hydrogen) atoms. The summed E-state index contributed by atoms with van der Waals surface area (Å²) in [6.45, 7) is 31.6. The van der Waals surface area contributed by atoms with Gasteiger partial charge < -0.3 is 0 Å². The van der Waals surface area contributed by atoms with Gasteiger partial charge in [0.2, 0.25) is 0 Å². The third-order valence-corrected chi connectivity index (χ3v) is 24.2. The van der Waals surface area contributed by atoms with Crippen LogP contribution >= 0.6 is 11.8 Å². The summed E-state index contributed by atoms with van der Waals surface area (Å²) in [6.07, 6.45) is 21.6. The van der Waals surface area contributed by atoms with Crippen LogP contribution in [0.3, 0.4) is 0 Å². The molecule has 0 radical (unpaired) electrons. The summed E-state index contributed by atoms with van der Waals surface area (Å²) < 4.78 is 0. The second-order valence-corrected chi connectivity index (χ2v) is 28.4. The second kappa shape index (κ2) is 13.6. The first-order chi connectivity index (χ1) is 21.5. The zero-order chi connectivity index (χ0) is 33.3. The van der Waals surface area contributed by atoms with Crippen LogP contribution in [-0.2, 0) is 0 Å². The number of hydrogen-bond acceptors (Lipinski definition) is 1. The summed E-state index contributed by atoms with van der Waals surface area (Å²) in [7, 11) is -1.52. The molecule has 0 aromatic heterocycles. The topological polar surface area (TPSA) is 0 Å². The maximum Gasteiger partial charge on any atom is 0.0555 e. The minimum absolute atomic E-state index is 0.499. The highest BCUT2D eigenvalue weighted by atomic mass is 32.2. The summed E-state index contributed by atoms with van der Waals surface area (Å²) in [5.74, 6) is 12.1. The van der Waals surface area contributed by atoms with E-state index in [0.29, 0.717) is 10.8 Å². The van der Waals surface area contributed by atoms with E-state index >= 15 is 0 Å². The van der Waals surface area contributed by atoms with E-state index in [1.807, 2.05) is 0 Å². The highest BCUT2D eigenvalue weighted by molar-refractivity contribution is 8.00. The normalized spacial score (nSPS) is 47.3. The molecule has 0 bridgehead atoms. The maximum atomic E-state index is 3.00. The fraction of sp³-hybridized carbons (Fsp3) is 1.00. The van der Waals surface area contributed by atoms with Crippen molar-refractivity contribution in [2.24, 2.45) is 81.8 Å². The van der Waals surface area contributed by atoms with E-state index in [4.69, 9.17) is 0 Å². The minimum Gasteiger partial charge on any atom is -0.155 e. The zero-order valence-corrected chi connectivity index (χ0v) is 34.9. The molecular weight excluding hydrogens is 589 g/mol. The smallest absolute Gasteiger partial charge is 0.0555 e. The van der Waals surface area contributed by atoms with Gasteiger partial charge in [-0.3, -0.25) is 0 Å². The zero-order valence-electron chi connectivity index (χ0n) is 33.0. The molecule has 1 aliphatic heterocycles. The summed E-state index contributed by atoms with van der Waals surface area (Å²) in [5, 5.41) is 1.88. The van der Waals surface area contributed by atoms with E-state index in [2.05, 4.69) is 94.1 Å². The van der Waals surface area contributed by atoms with Gasteiger partial charge in [0.1, 0.15) is 0 Å². The molecule has 2 heteroatoms. The average molecular weight is 669 g/mol. The van der Waals surface area contributed by atoms with Gasteiger partial charge in [-0.05, 0) is 164 Å². The van der Waals surface area contributed by atoms with Crippen LogP contribution in [0.1, 0.15) is 159 Å². The first kappa shape index (κ1) is 36.4. The Kier molecular flexibility index (Phi) is 10.8. The van der Waals surface area contributed by atoms with Crippen molar-refractivity contribution >= 4 is 19.8 Å². The second-order valence-electron chi connectivity index (χ2n) is 21.8. The van der Waals surface area contributed by atoms with Crippen molar-refractivity contribution in [3.8, 4) is 0 Å². The Morgan fingerprint density at radius 1 is 0.652 bits per heavy atom. The molecule has 6 fully saturated rings. The predicted molar refractivity (Wildman–Crippen MR) is 208 cm³/mol. The van der Waals surface area contributed by atoms with Crippen LogP contribution in [0.4, 0.5) is 0 Å².